The molecule has 2 nitrogen and oxygen atoms in total. The number of hydrogen-bond donors (Lipinski definition) is 1. The normalized spacial score (nSPS) is 8.50. The fourth-order valence-corrected chi connectivity index (χ4v) is 0.703. The number of unbranched alkanes of at least 4 members (excludes halogenated alkanes) is 3. The molecule has 58 valence electrons. The molecule has 1 N–H and O–H groups in total. The molecule has 0 aromatic rings. The van der Waals surface area contributed by atoms with Crippen LogP contribution in [0.1, 0.15) is 39.0 Å². The van der Waals surface area contributed by atoms with Gasteiger partial charge in [0, 0.05) is 6.42 Å². The molecule has 0 aromatic carbocycles. The van der Waals surface area contributed by atoms with Crippen molar-refractivity contribution < 1.29 is 9.90 Å². The SMILES string of the molecule is CCCCCCC(=O)O.[BaH2]. The second-order valence-corrected chi connectivity index (χ2v) is 2.20. The standard InChI is InChI=1S/C7H14O2.Ba.2H/c1-2-3-4-5-6-7(8)9;;;/h2-6H2,1H3,(H,8,9);;;. The van der Waals surface area contributed by atoms with E-state index in [4.69, 9.17) is 5.11 Å². The number of carboxylic acid groups (broad SMARTS) is 1. The fourth-order valence-electron chi connectivity index (χ4n) is 0.703. The molecule has 0 unspecified atom stereocenters. The molecule has 0 saturated heterocycles. The zero-order valence-electron chi connectivity index (χ0n) is 5.89. The maximum atomic E-state index is 9.96. The van der Waals surface area contributed by atoms with Crippen LogP contribution in [-0.4, -0.2) is 60.0 Å². The number of rotatable bonds is 5. The summed E-state index contributed by atoms with van der Waals surface area (Å²) in [6.07, 6.45) is 4.55. The summed E-state index contributed by atoms with van der Waals surface area (Å²) in [6.45, 7) is 2.11. The van der Waals surface area contributed by atoms with Crippen LogP contribution < -0.4 is 0 Å². The van der Waals surface area contributed by atoms with Crippen LogP contribution >= 0.6 is 0 Å². The van der Waals surface area contributed by atoms with Crippen molar-refractivity contribution in [1.29, 1.82) is 0 Å². The van der Waals surface area contributed by atoms with E-state index in [-0.39, 0.29) is 48.9 Å². The van der Waals surface area contributed by atoms with Gasteiger partial charge in [-0.15, -0.1) is 0 Å². The van der Waals surface area contributed by atoms with E-state index in [0.717, 1.165) is 19.3 Å². The van der Waals surface area contributed by atoms with Gasteiger partial charge in [-0.1, -0.05) is 26.2 Å². The summed E-state index contributed by atoms with van der Waals surface area (Å²) < 4.78 is 0. The van der Waals surface area contributed by atoms with Gasteiger partial charge in [-0.05, 0) is 6.42 Å². The molecule has 0 bridgehead atoms. The Bertz CT molecular complexity index is 83.7. The van der Waals surface area contributed by atoms with E-state index < -0.39 is 5.97 Å². The van der Waals surface area contributed by atoms with Gasteiger partial charge in [-0.25, -0.2) is 0 Å². The van der Waals surface area contributed by atoms with Gasteiger partial charge < -0.3 is 5.11 Å². The second-order valence-electron chi connectivity index (χ2n) is 2.20. The van der Waals surface area contributed by atoms with Gasteiger partial charge in [0.2, 0.25) is 0 Å². The molecule has 0 fully saturated rings. The molecule has 0 aliphatic carbocycles. The van der Waals surface area contributed by atoms with Gasteiger partial charge in [0.05, 0.1) is 0 Å². The minimum absolute atomic E-state index is 0. The molecule has 0 aliphatic rings. The van der Waals surface area contributed by atoms with Gasteiger partial charge in [-0.2, -0.15) is 0 Å². The zero-order valence-corrected chi connectivity index (χ0v) is 5.89. The van der Waals surface area contributed by atoms with E-state index in [9.17, 15) is 4.79 Å². The van der Waals surface area contributed by atoms with E-state index in [1.54, 1.807) is 0 Å². The number of carbonyl (C=O) groups is 1. The van der Waals surface area contributed by atoms with E-state index in [2.05, 4.69) is 6.92 Å². The molecule has 0 radical (unpaired) electrons. The first kappa shape index (κ1) is 13.6. The quantitative estimate of drug-likeness (QED) is 0.600. The van der Waals surface area contributed by atoms with Crippen molar-refractivity contribution in [3.63, 3.8) is 0 Å². The Hall–Kier alpha value is 1.04. The molecule has 0 atom stereocenters. The Morgan fingerprint density at radius 1 is 1.30 bits per heavy atom. The predicted octanol–water partition coefficient (Wildman–Crippen LogP) is 1.13. The van der Waals surface area contributed by atoms with Gasteiger partial charge in [0.1, 0.15) is 0 Å². The van der Waals surface area contributed by atoms with Crippen LogP contribution in [0.5, 0.6) is 0 Å². The summed E-state index contributed by atoms with van der Waals surface area (Å²) in [6, 6.07) is 0. The zero-order chi connectivity index (χ0) is 7.11. The molecular formula is C7H16BaO2. The fraction of sp³-hybridized carbons (Fsp3) is 0.857. The van der Waals surface area contributed by atoms with Crippen LogP contribution in [0.4, 0.5) is 0 Å². The molecule has 0 heterocycles. The summed E-state index contributed by atoms with van der Waals surface area (Å²) in [5.41, 5.74) is 0. The molecule has 0 rings (SSSR count). The summed E-state index contributed by atoms with van der Waals surface area (Å²) in [7, 11) is 0. The predicted molar refractivity (Wildman–Crippen MR) is 44.9 cm³/mol. The first-order valence-electron chi connectivity index (χ1n) is 3.49. The van der Waals surface area contributed by atoms with Gasteiger partial charge >= 0.3 is 54.9 Å². The molecule has 0 aromatic heterocycles. The summed E-state index contributed by atoms with van der Waals surface area (Å²) >= 11 is 0. The van der Waals surface area contributed by atoms with Crippen molar-refractivity contribution in [2.45, 2.75) is 39.0 Å². The third kappa shape index (κ3) is 11.8. The van der Waals surface area contributed by atoms with Crippen molar-refractivity contribution in [2.24, 2.45) is 0 Å². The summed E-state index contributed by atoms with van der Waals surface area (Å²) in [4.78, 5) is 9.96. The van der Waals surface area contributed by atoms with Crippen LogP contribution in [0.2, 0.25) is 0 Å². The topological polar surface area (TPSA) is 37.3 Å². The van der Waals surface area contributed by atoms with Crippen molar-refractivity contribution >= 4 is 54.9 Å². The van der Waals surface area contributed by atoms with E-state index in [0.29, 0.717) is 6.42 Å². The van der Waals surface area contributed by atoms with Crippen molar-refractivity contribution in [2.75, 3.05) is 0 Å². The van der Waals surface area contributed by atoms with E-state index in [1.165, 1.54) is 6.42 Å². The Balaban J connectivity index is 0. The first-order valence-corrected chi connectivity index (χ1v) is 3.49. The summed E-state index contributed by atoms with van der Waals surface area (Å²) in [5.74, 6) is -0.675. The average molecular weight is 270 g/mol. The average Bonchev–Trinajstić information content (AvgIpc) is 1.80. The van der Waals surface area contributed by atoms with Crippen molar-refractivity contribution in [1.82, 2.24) is 0 Å². The van der Waals surface area contributed by atoms with Crippen molar-refractivity contribution in [3.8, 4) is 0 Å². The van der Waals surface area contributed by atoms with Crippen LogP contribution in [-0.2, 0) is 4.79 Å². The van der Waals surface area contributed by atoms with Crippen LogP contribution in [0, 0.1) is 0 Å². The molecule has 10 heavy (non-hydrogen) atoms. The van der Waals surface area contributed by atoms with E-state index in [1.807, 2.05) is 0 Å². The summed E-state index contributed by atoms with van der Waals surface area (Å²) in [5, 5.41) is 8.21. The molecule has 0 saturated carbocycles. The minimum atomic E-state index is -0.675. The van der Waals surface area contributed by atoms with Gasteiger partial charge in [-0.3, -0.25) is 4.79 Å². The van der Waals surface area contributed by atoms with E-state index >= 15 is 0 Å². The number of aliphatic carboxylic acids is 1. The van der Waals surface area contributed by atoms with Gasteiger partial charge in [0.15, 0.2) is 0 Å². The molecule has 3 heteroatoms. The molecule has 0 amide bonds. The second kappa shape index (κ2) is 10.0. The Morgan fingerprint density at radius 3 is 2.30 bits per heavy atom. The van der Waals surface area contributed by atoms with Crippen LogP contribution in [0.15, 0.2) is 0 Å². The molecule has 0 aliphatic heterocycles. The first-order chi connectivity index (χ1) is 4.27. The van der Waals surface area contributed by atoms with Crippen LogP contribution in [0.3, 0.4) is 0 Å². The van der Waals surface area contributed by atoms with Crippen molar-refractivity contribution in [3.05, 3.63) is 0 Å². The molecule has 0 spiro atoms. The maximum absolute atomic E-state index is 9.96. The number of carboxylic acids is 1. The monoisotopic (exact) mass is 270 g/mol. The Kier molecular flexibility index (Phi) is 13.7. The Labute approximate surface area is 102 Å². The van der Waals surface area contributed by atoms with Crippen LogP contribution in [0.25, 0.3) is 0 Å². The third-order valence-electron chi connectivity index (χ3n) is 1.24. The van der Waals surface area contributed by atoms with Gasteiger partial charge in [0.25, 0.3) is 0 Å². The molecular weight excluding hydrogens is 253 g/mol. The Morgan fingerprint density at radius 2 is 1.90 bits per heavy atom. The third-order valence-corrected chi connectivity index (χ3v) is 1.24. The number of hydrogen-bond acceptors (Lipinski definition) is 1.